The van der Waals surface area contributed by atoms with E-state index in [2.05, 4.69) is 4.99 Å². The minimum atomic E-state index is -0.930. The van der Waals surface area contributed by atoms with E-state index >= 15 is 0 Å². The van der Waals surface area contributed by atoms with Gasteiger partial charge in [0.2, 0.25) is 0 Å². The predicted molar refractivity (Wildman–Crippen MR) is 103 cm³/mol. The molecule has 130 valence electrons. The predicted octanol–water partition coefficient (Wildman–Crippen LogP) is 5.02. The molecule has 1 N–H and O–H groups in total. The first kappa shape index (κ1) is 17.4. The molecule has 4 nitrogen and oxygen atoms in total. The highest BCUT2D eigenvalue weighted by atomic mass is 16.5. The van der Waals surface area contributed by atoms with Crippen LogP contribution < -0.4 is 4.74 Å². The maximum Gasteiger partial charge on any atom is 0.335 e. The number of aromatic carboxylic acids is 1. The lowest BCUT2D eigenvalue weighted by molar-refractivity contribution is 0.0697. The number of benzene rings is 3. The molecule has 0 aromatic heterocycles. The van der Waals surface area contributed by atoms with E-state index in [9.17, 15) is 4.79 Å². The van der Waals surface area contributed by atoms with Crippen LogP contribution in [0.15, 0.2) is 77.8 Å². The zero-order valence-corrected chi connectivity index (χ0v) is 14.4. The van der Waals surface area contributed by atoms with Crippen molar-refractivity contribution >= 4 is 17.9 Å². The van der Waals surface area contributed by atoms with Crippen LogP contribution in [0.25, 0.3) is 0 Å². The van der Waals surface area contributed by atoms with Gasteiger partial charge in [0.15, 0.2) is 0 Å². The molecule has 3 aromatic rings. The highest BCUT2D eigenvalue weighted by Gasteiger charge is 2.02. The number of carbonyl (C=O) groups is 1. The number of ether oxygens (including phenoxy) is 1. The normalized spacial score (nSPS) is 10.8. The van der Waals surface area contributed by atoms with Crippen LogP contribution in [0.4, 0.5) is 5.69 Å². The summed E-state index contributed by atoms with van der Waals surface area (Å²) < 4.78 is 5.74. The molecule has 26 heavy (non-hydrogen) atoms. The van der Waals surface area contributed by atoms with Gasteiger partial charge in [-0.2, -0.15) is 0 Å². The largest absolute Gasteiger partial charge is 0.489 e. The third-order valence-electron chi connectivity index (χ3n) is 3.95. The van der Waals surface area contributed by atoms with Crippen molar-refractivity contribution in [2.24, 2.45) is 4.99 Å². The summed E-state index contributed by atoms with van der Waals surface area (Å²) in [6, 6.07) is 22.3. The average molecular weight is 345 g/mol. The topological polar surface area (TPSA) is 58.9 Å². The van der Waals surface area contributed by atoms with Gasteiger partial charge in [0.25, 0.3) is 0 Å². The number of carboxylic acids is 1. The van der Waals surface area contributed by atoms with Gasteiger partial charge in [-0.25, -0.2) is 4.79 Å². The molecule has 0 spiro atoms. The highest BCUT2D eigenvalue weighted by molar-refractivity contribution is 5.87. The van der Waals surface area contributed by atoms with Crippen LogP contribution in [-0.4, -0.2) is 17.3 Å². The molecule has 0 atom stereocenters. The van der Waals surface area contributed by atoms with Crippen molar-refractivity contribution in [3.05, 3.63) is 95.1 Å². The molecule has 4 heteroatoms. The fourth-order valence-corrected chi connectivity index (χ4v) is 2.41. The number of hydrogen-bond acceptors (Lipinski definition) is 3. The summed E-state index contributed by atoms with van der Waals surface area (Å²) in [5, 5.41) is 8.90. The molecule has 0 bridgehead atoms. The molecule has 0 saturated carbocycles. The number of nitrogens with zero attached hydrogens (tertiary/aromatic N) is 1. The number of para-hydroxylation sites is 1. The third-order valence-corrected chi connectivity index (χ3v) is 3.95. The van der Waals surface area contributed by atoms with Crippen molar-refractivity contribution in [3.8, 4) is 5.75 Å². The molecule has 3 rings (SSSR count). The zero-order valence-electron chi connectivity index (χ0n) is 14.4. The maximum absolute atomic E-state index is 10.8. The first-order valence-corrected chi connectivity index (χ1v) is 8.26. The van der Waals surface area contributed by atoms with E-state index in [1.54, 1.807) is 24.3 Å². The minimum absolute atomic E-state index is 0.269. The van der Waals surface area contributed by atoms with Gasteiger partial charge in [-0.1, -0.05) is 30.3 Å². The molecule has 0 amide bonds. The minimum Gasteiger partial charge on any atom is -0.489 e. The lowest BCUT2D eigenvalue weighted by Crippen LogP contribution is -1.99. The fraction of sp³-hybridized carbons (Fsp3) is 0.0909. The van der Waals surface area contributed by atoms with E-state index < -0.39 is 5.97 Å². The summed E-state index contributed by atoms with van der Waals surface area (Å²) in [5.41, 5.74) is 4.27. The monoisotopic (exact) mass is 345 g/mol. The molecule has 0 unspecified atom stereocenters. The summed E-state index contributed by atoms with van der Waals surface area (Å²) in [7, 11) is 0. The molecule has 0 aliphatic carbocycles. The van der Waals surface area contributed by atoms with Crippen LogP contribution in [0.5, 0.6) is 5.75 Å². The van der Waals surface area contributed by atoms with Gasteiger partial charge in [0.1, 0.15) is 12.4 Å². The Labute approximate surface area is 152 Å². The van der Waals surface area contributed by atoms with Crippen molar-refractivity contribution in [1.82, 2.24) is 0 Å². The Morgan fingerprint density at radius 2 is 1.69 bits per heavy atom. The molecule has 0 aliphatic heterocycles. The van der Waals surface area contributed by atoms with E-state index in [1.807, 2.05) is 61.7 Å². The first-order valence-electron chi connectivity index (χ1n) is 8.26. The Kier molecular flexibility index (Phi) is 5.44. The lowest BCUT2D eigenvalue weighted by Gasteiger charge is -2.07. The summed E-state index contributed by atoms with van der Waals surface area (Å²) in [5.74, 6) is -0.180. The lowest BCUT2D eigenvalue weighted by atomic mass is 10.1. The standard InChI is InChI=1S/C22H19NO3/c1-16-4-2-3-5-21(16)23-14-17-8-12-20(13-9-17)26-15-18-6-10-19(11-7-18)22(24)25/h2-14H,15H2,1H3,(H,24,25). The van der Waals surface area contributed by atoms with Gasteiger partial charge < -0.3 is 9.84 Å². The van der Waals surface area contributed by atoms with Gasteiger partial charge in [0, 0.05) is 6.21 Å². The van der Waals surface area contributed by atoms with E-state index in [4.69, 9.17) is 9.84 Å². The van der Waals surface area contributed by atoms with E-state index in [-0.39, 0.29) is 5.56 Å². The SMILES string of the molecule is Cc1ccccc1N=Cc1ccc(OCc2ccc(C(=O)O)cc2)cc1. The molecule has 0 radical (unpaired) electrons. The first-order chi connectivity index (χ1) is 12.6. The number of aliphatic imine (C=N–C) groups is 1. The van der Waals surface area contributed by atoms with Gasteiger partial charge in [-0.15, -0.1) is 0 Å². The molecule has 0 aliphatic rings. The maximum atomic E-state index is 10.8. The van der Waals surface area contributed by atoms with Crippen molar-refractivity contribution in [1.29, 1.82) is 0 Å². The second-order valence-electron chi connectivity index (χ2n) is 5.90. The van der Waals surface area contributed by atoms with E-state index in [0.717, 1.165) is 28.1 Å². The Morgan fingerprint density at radius 3 is 2.35 bits per heavy atom. The summed E-state index contributed by atoms with van der Waals surface area (Å²) in [6.45, 7) is 2.42. The molecule has 0 fully saturated rings. The van der Waals surface area contributed by atoms with Crippen molar-refractivity contribution in [2.45, 2.75) is 13.5 Å². The Bertz CT molecular complexity index is 913. The molecule has 3 aromatic carbocycles. The van der Waals surface area contributed by atoms with Crippen LogP contribution in [0.3, 0.4) is 0 Å². The quantitative estimate of drug-likeness (QED) is 0.638. The van der Waals surface area contributed by atoms with E-state index in [1.165, 1.54) is 0 Å². The second-order valence-corrected chi connectivity index (χ2v) is 5.90. The summed E-state index contributed by atoms with van der Waals surface area (Å²) in [4.78, 5) is 15.4. The van der Waals surface area contributed by atoms with Crippen molar-refractivity contribution in [3.63, 3.8) is 0 Å². The summed E-state index contributed by atoms with van der Waals surface area (Å²) >= 11 is 0. The smallest absolute Gasteiger partial charge is 0.335 e. The van der Waals surface area contributed by atoms with Gasteiger partial charge in [-0.05, 0) is 66.1 Å². The summed E-state index contributed by atoms with van der Waals surface area (Å²) in [6.07, 6.45) is 1.83. The molecule has 0 saturated heterocycles. The Morgan fingerprint density at radius 1 is 1.00 bits per heavy atom. The van der Waals surface area contributed by atoms with Gasteiger partial charge >= 0.3 is 5.97 Å². The van der Waals surface area contributed by atoms with E-state index in [0.29, 0.717) is 6.61 Å². The van der Waals surface area contributed by atoms with Crippen LogP contribution in [0.2, 0.25) is 0 Å². The molecular formula is C22H19NO3. The number of aryl methyl sites for hydroxylation is 1. The zero-order chi connectivity index (χ0) is 18.4. The highest BCUT2D eigenvalue weighted by Crippen LogP contribution is 2.18. The number of carboxylic acid groups (broad SMARTS) is 1. The van der Waals surface area contributed by atoms with Crippen molar-refractivity contribution in [2.75, 3.05) is 0 Å². The third kappa shape index (κ3) is 4.57. The van der Waals surface area contributed by atoms with Crippen LogP contribution in [0, 0.1) is 6.92 Å². The van der Waals surface area contributed by atoms with Crippen molar-refractivity contribution < 1.29 is 14.6 Å². The van der Waals surface area contributed by atoms with Crippen LogP contribution in [0.1, 0.15) is 27.0 Å². The van der Waals surface area contributed by atoms with Gasteiger partial charge in [-0.3, -0.25) is 4.99 Å². The van der Waals surface area contributed by atoms with Crippen LogP contribution in [-0.2, 0) is 6.61 Å². The van der Waals surface area contributed by atoms with Crippen LogP contribution >= 0.6 is 0 Å². The number of hydrogen-bond donors (Lipinski definition) is 1. The fourth-order valence-electron chi connectivity index (χ4n) is 2.41. The second kappa shape index (κ2) is 8.12. The Hall–Kier alpha value is -3.40. The van der Waals surface area contributed by atoms with Gasteiger partial charge in [0.05, 0.1) is 11.3 Å². The number of rotatable bonds is 6. The molecular weight excluding hydrogens is 326 g/mol. The average Bonchev–Trinajstić information content (AvgIpc) is 2.67. The molecule has 0 heterocycles. The Balaban J connectivity index is 1.59.